The van der Waals surface area contributed by atoms with Crippen molar-refractivity contribution in [3.05, 3.63) is 392 Å². The summed E-state index contributed by atoms with van der Waals surface area (Å²) in [6, 6.07) is 95.9. The van der Waals surface area contributed by atoms with E-state index in [0.717, 1.165) is 129 Å². The highest BCUT2D eigenvalue weighted by Gasteiger charge is 2.24. The van der Waals surface area contributed by atoms with Crippen molar-refractivity contribution in [2.45, 2.75) is 84.8 Å². The normalized spacial score (nSPS) is 11.4. The van der Waals surface area contributed by atoms with Crippen molar-refractivity contribution < 1.29 is 20.1 Å². The summed E-state index contributed by atoms with van der Waals surface area (Å²) >= 11 is 0. The lowest BCUT2D eigenvalue weighted by molar-refractivity contribution is -0.117. The molecule has 11 heterocycles. The Morgan fingerprint density at radius 1 is 0.360 bits per heavy atom. The van der Waals surface area contributed by atoms with E-state index in [1.54, 1.807) is 50.1 Å². The Kier molecular flexibility index (Phi) is 26.1. The quantitative estimate of drug-likeness (QED) is 0.0265. The van der Waals surface area contributed by atoms with Crippen LogP contribution in [0.2, 0.25) is 0 Å². The first kappa shape index (κ1) is 83.1. The lowest BCUT2D eigenvalue weighted by atomic mass is 9.99. The van der Waals surface area contributed by atoms with Crippen LogP contribution < -0.4 is 21.3 Å². The third-order valence-corrected chi connectivity index (χ3v) is 21.1. The van der Waals surface area contributed by atoms with Gasteiger partial charge in [0, 0.05) is 139 Å². The van der Waals surface area contributed by atoms with Gasteiger partial charge in [-0.3, -0.25) is 15.0 Å². The van der Waals surface area contributed by atoms with Gasteiger partial charge in [0.2, 0.25) is 0 Å². The molecule has 0 saturated carbocycles. The third kappa shape index (κ3) is 20.4. The molecule has 0 spiro atoms. The zero-order valence-corrected chi connectivity index (χ0v) is 69.6. The first-order chi connectivity index (χ1) is 61.2. The van der Waals surface area contributed by atoms with Crippen LogP contribution in [0.4, 0.5) is 23.3 Å². The molecule has 0 fully saturated rings. The molecule has 7 N–H and O–H groups in total. The first-order valence-corrected chi connectivity index (χ1v) is 41.5. The largest absolute Gasteiger partial charge is 0.393 e. The fraction of sp³-hybridized carbons (Fsp3) is 0.137. The molecule has 1 unspecified atom stereocenters. The van der Waals surface area contributed by atoms with Crippen LogP contribution in [0, 0.1) is 0 Å². The highest BCUT2D eigenvalue weighted by Crippen LogP contribution is 2.37. The Morgan fingerprint density at radius 2 is 0.656 bits per heavy atom. The summed E-state index contributed by atoms with van der Waals surface area (Å²) < 4.78 is 7.34. The Balaban J connectivity index is 0.000000123. The van der Waals surface area contributed by atoms with E-state index in [4.69, 9.17) is 30.2 Å². The van der Waals surface area contributed by atoms with Crippen LogP contribution in [0.25, 0.3) is 101 Å². The van der Waals surface area contributed by atoms with E-state index in [1.807, 2.05) is 239 Å². The average Bonchev–Trinajstić information content (AvgIpc) is 1.63. The molecule has 23 heteroatoms. The molecular weight excluding hydrogens is 1560 g/mol. The van der Waals surface area contributed by atoms with Crippen molar-refractivity contribution in [3.63, 3.8) is 0 Å². The Labute approximate surface area is 723 Å². The minimum Gasteiger partial charge on any atom is -0.393 e. The molecule has 0 saturated heterocycles. The van der Waals surface area contributed by atoms with Gasteiger partial charge in [-0.25, -0.2) is 38.0 Å². The molecule has 1 atom stereocenters. The van der Waals surface area contributed by atoms with E-state index >= 15 is 0 Å². The highest BCUT2D eigenvalue weighted by molar-refractivity contribution is 5.92. The molecule has 0 aliphatic heterocycles. The van der Waals surface area contributed by atoms with E-state index in [0.29, 0.717) is 67.9 Å². The van der Waals surface area contributed by atoms with E-state index in [-0.39, 0.29) is 11.6 Å². The number of nitrogens with zero attached hydrogens (tertiary/aromatic N) is 15. The SMILES string of the molecule is CC(=O)CCc1cncc(-c2nc(NCc3ccccc3)c3c(-c4ccccc4)ccn3n2)c1.CC(C)(O)c1cncc(-c2nc(NCc3ccccc3)c3c(-c4ccccc4)ccn3n2)c1.CCc1cncc(-c2nc(NCc3ccccc3)c3c(-c4ccccc4)ccn3n2)c1.OCC(O)c1nc(NCc2ccccc2)c2c(-c3ccccc3)ccn2n1. The van der Waals surface area contributed by atoms with E-state index < -0.39 is 18.3 Å². The molecule has 19 rings (SSSR count). The van der Waals surface area contributed by atoms with Gasteiger partial charge >= 0.3 is 0 Å². The van der Waals surface area contributed by atoms with Gasteiger partial charge in [0.05, 0.1) is 12.2 Å². The predicted molar refractivity (Wildman–Crippen MR) is 494 cm³/mol. The van der Waals surface area contributed by atoms with Gasteiger partial charge in [0.15, 0.2) is 46.6 Å². The molecule has 11 aromatic heterocycles. The molecule has 0 aliphatic rings. The molecule has 125 heavy (non-hydrogen) atoms. The van der Waals surface area contributed by atoms with E-state index in [1.165, 1.54) is 11.1 Å². The van der Waals surface area contributed by atoms with E-state index in [2.05, 4.69) is 150 Å². The van der Waals surface area contributed by atoms with Crippen LogP contribution in [0.15, 0.2) is 347 Å². The number of carbonyl (C=O) groups is 1. The van der Waals surface area contributed by atoms with Crippen LogP contribution in [0.1, 0.15) is 85.0 Å². The topological polar surface area (TPSA) is 285 Å². The number of nitrogens with one attached hydrogen (secondary N) is 4. The van der Waals surface area contributed by atoms with Crippen LogP contribution in [0.3, 0.4) is 0 Å². The summed E-state index contributed by atoms with van der Waals surface area (Å²) in [7, 11) is 0. The molecule has 0 bridgehead atoms. The second kappa shape index (κ2) is 39.3. The van der Waals surface area contributed by atoms with Gasteiger partial charge < -0.3 is 41.4 Å². The molecule has 23 nitrogen and oxygen atoms in total. The Morgan fingerprint density at radius 3 is 0.976 bits per heavy atom. The highest BCUT2D eigenvalue weighted by atomic mass is 16.3. The number of Topliss-reactive ketones (excluding diaryl/α,β-unsaturated/α-hetero) is 1. The number of rotatable bonds is 26. The number of pyridine rings is 3. The zero-order valence-electron chi connectivity index (χ0n) is 69.6. The smallest absolute Gasteiger partial charge is 0.183 e. The summed E-state index contributed by atoms with van der Waals surface area (Å²) in [6.45, 7) is 9.31. The van der Waals surface area contributed by atoms with Gasteiger partial charge in [0.25, 0.3) is 0 Å². The van der Waals surface area contributed by atoms with Gasteiger partial charge in [-0.15, -0.1) is 20.4 Å². The van der Waals surface area contributed by atoms with Crippen molar-refractivity contribution >= 4 is 51.1 Å². The number of anilines is 4. The van der Waals surface area contributed by atoms with Crippen molar-refractivity contribution in [3.8, 4) is 78.7 Å². The molecule has 19 aromatic rings. The Bertz CT molecular complexity index is 6800. The molecule has 8 aromatic carbocycles. The number of aliphatic hydroxyl groups excluding tert-OH is 2. The van der Waals surface area contributed by atoms with Gasteiger partial charge in [-0.1, -0.05) is 250 Å². The number of benzene rings is 8. The van der Waals surface area contributed by atoms with Crippen molar-refractivity contribution in [1.29, 1.82) is 0 Å². The molecule has 0 aliphatic carbocycles. The number of hydrogen-bond acceptors (Lipinski definition) is 19. The minimum atomic E-state index is -1.13. The molecular formula is C102H93N19O4. The third-order valence-electron chi connectivity index (χ3n) is 21.1. The first-order valence-electron chi connectivity index (χ1n) is 41.5. The lowest BCUT2D eigenvalue weighted by Crippen LogP contribution is -2.16. The number of ketones is 1. The number of fused-ring (bicyclic) bond motifs is 4. The lowest BCUT2D eigenvalue weighted by Gasteiger charge is -2.18. The molecule has 0 radical (unpaired) electrons. The Hall–Kier alpha value is -15.6. The van der Waals surface area contributed by atoms with Crippen molar-refractivity contribution in [2.75, 3.05) is 27.9 Å². The maximum Gasteiger partial charge on any atom is 0.183 e. The van der Waals surface area contributed by atoms with Gasteiger partial charge in [0.1, 0.15) is 34.0 Å². The van der Waals surface area contributed by atoms with Crippen LogP contribution in [-0.4, -0.2) is 101 Å². The van der Waals surface area contributed by atoms with Crippen LogP contribution in [-0.2, 0) is 49.4 Å². The average molecular weight is 1650 g/mol. The van der Waals surface area contributed by atoms with Crippen molar-refractivity contribution in [2.24, 2.45) is 0 Å². The number of carbonyl (C=O) groups excluding carboxylic acids is 1. The minimum absolute atomic E-state index is 0.163. The summed E-state index contributed by atoms with van der Waals surface area (Å²) in [4.78, 5) is 43.7. The number of aromatic nitrogens is 15. The monoisotopic (exact) mass is 1650 g/mol. The van der Waals surface area contributed by atoms with Gasteiger partial charge in [-0.2, -0.15) is 0 Å². The summed E-state index contributed by atoms with van der Waals surface area (Å²) in [5, 5.41) is 62.4. The molecule has 620 valence electrons. The van der Waals surface area contributed by atoms with Crippen LogP contribution >= 0.6 is 0 Å². The summed E-state index contributed by atoms with van der Waals surface area (Å²) in [5.74, 6) is 5.02. The summed E-state index contributed by atoms with van der Waals surface area (Å²) in [6.07, 6.45) is 19.3. The fourth-order valence-electron chi connectivity index (χ4n) is 14.5. The summed E-state index contributed by atoms with van der Waals surface area (Å²) in [5.41, 5.74) is 21.2. The van der Waals surface area contributed by atoms with Crippen LogP contribution in [0.5, 0.6) is 0 Å². The van der Waals surface area contributed by atoms with Gasteiger partial charge in [-0.05, 0) is 132 Å². The number of aliphatic hydroxyl groups is 3. The number of aryl methyl sites for hydroxylation is 2. The predicted octanol–water partition coefficient (Wildman–Crippen LogP) is 19.6. The molecule has 0 amide bonds. The standard InChI is InChI=1S/C28H25N5O.C27H25N5O.C26H23N5.C21H20N4O2/c1-20(34)12-13-22-16-24(19-29-17-22)27-31-28(30-18-21-8-4-2-5-9-21)26-25(14-15-33(26)32-27)23-10-6-3-7-11-23;1-27(2,33)22-15-21(17-28-18-22)25-30-26(29-16-19-9-5-3-6-10-19)24-23(13-14-32(24)31-25)20-11-7-4-8-12-20;1-2-19-15-22(18-27-16-19)25-29-26(28-17-20-9-5-3-6-10-20)24-23(13-14-31(24)30-25)21-11-7-4-8-12-21;26-14-18(27)20-23-21(22-13-15-7-3-1-4-8-15)19-17(11-12-25(19)24-20)16-9-5-2-6-10-16/h2-11,14-17,19H,12-13,18H2,1H3,(H,30,31,32);3-15,17-18,33H,16H2,1-2H3,(H,29,30,31);3-16,18H,2,17H2,1H3,(H,28,29,30);1-12,18,26-27H,13-14H2,(H,22,23,24). The number of hydrogen-bond donors (Lipinski definition) is 7. The fourth-order valence-corrected chi connectivity index (χ4v) is 14.5. The zero-order chi connectivity index (χ0) is 85.9. The second-order valence-corrected chi connectivity index (χ2v) is 30.5. The maximum absolute atomic E-state index is 11.4. The van der Waals surface area contributed by atoms with Crippen molar-refractivity contribution in [1.82, 2.24) is 73.3 Å². The maximum atomic E-state index is 11.4. The van der Waals surface area contributed by atoms with E-state index in [9.17, 15) is 20.1 Å². The second-order valence-electron chi connectivity index (χ2n) is 30.5.